The molecule has 0 aliphatic heterocycles. The third-order valence-corrected chi connectivity index (χ3v) is 1.46. The fraction of sp³-hybridized carbons (Fsp3) is 0.882. The first-order valence-corrected chi connectivity index (χ1v) is 7.90. The second kappa shape index (κ2) is 75.3. The lowest BCUT2D eigenvalue weighted by Gasteiger charge is -1.93. The van der Waals surface area contributed by atoms with Crippen molar-refractivity contribution in [2.75, 3.05) is 0 Å². The lowest BCUT2D eigenvalue weighted by Crippen LogP contribution is -1.73. The summed E-state index contributed by atoms with van der Waals surface area (Å²) in [5, 5.41) is 0. The average molecular weight is 247 g/mol. The summed E-state index contributed by atoms with van der Waals surface area (Å²) < 4.78 is 0. The molecule has 0 heterocycles. The van der Waals surface area contributed by atoms with Crippen LogP contribution in [0, 0.1) is 0 Å². The first-order chi connectivity index (χ1) is 8.33. The molecule has 0 amide bonds. The van der Waals surface area contributed by atoms with Crippen molar-refractivity contribution in [3.05, 3.63) is 12.7 Å². The standard InChI is InChI=1S/C8H18.C3H6.3C2H6/c1-3-5-7-8-6-4-2;1-3-2;3*1-2/h3-8H2,1-2H3;3H,1H2,2H3;3*1-2H3. The second-order valence-corrected chi connectivity index (χ2v) is 2.82. The van der Waals surface area contributed by atoms with Crippen LogP contribution in [0.3, 0.4) is 0 Å². The molecule has 0 radical (unpaired) electrons. The zero-order chi connectivity index (χ0) is 14.9. The van der Waals surface area contributed by atoms with Gasteiger partial charge in [-0.3, -0.25) is 0 Å². The van der Waals surface area contributed by atoms with Crippen molar-refractivity contribution >= 4 is 0 Å². The summed E-state index contributed by atoms with van der Waals surface area (Å²) in [7, 11) is 0. The van der Waals surface area contributed by atoms with Gasteiger partial charge in [-0.05, 0) is 6.92 Å². The van der Waals surface area contributed by atoms with E-state index in [1.54, 1.807) is 6.08 Å². The summed E-state index contributed by atoms with van der Waals surface area (Å²) in [5.74, 6) is 0. The Morgan fingerprint density at radius 1 is 0.647 bits per heavy atom. The van der Waals surface area contributed by atoms with Crippen LogP contribution < -0.4 is 0 Å². The van der Waals surface area contributed by atoms with Crippen molar-refractivity contribution in [1.29, 1.82) is 0 Å². The zero-order valence-electron chi connectivity index (χ0n) is 14.5. The Bertz CT molecular complexity index is 49.1. The van der Waals surface area contributed by atoms with Gasteiger partial charge in [-0.25, -0.2) is 0 Å². The number of allylic oxidation sites excluding steroid dienone is 1. The molecule has 0 aromatic carbocycles. The number of hydrogen-bond acceptors (Lipinski definition) is 0. The summed E-state index contributed by atoms with van der Waals surface area (Å²) in [5.41, 5.74) is 0. The smallest absolute Gasteiger partial charge is 0.0473 e. The van der Waals surface area contributed by atoms with E-state index in [1.165, 1.54) is 38.5 Å². The minimum Gasteiger partial charge on any atom is -0.103 e. The molecule has 0 atom stereocenters. The van der Waals surface area contributed by atoms with Crippen LogP contribution in [-0.2, 0) is 0 Å². The molecule has 0 rings (SSSR count). The first-order valence-electron chi connectivity index (χ1n) is 7.90. The molecule has 0 nitrogen and oxygen atoms in total. The molecule has 0 aliphatic rings. The van der Waals surface area contributed by atoms with Gasteiger partial charge in [0.05, 0.1) is 0 Å². The highest BCUT2D eigenvalue weighted by molar-refractivity contribution is 4.51. The van der Waals surface area contributed by atoms with E-state index in [2.05, 4.69) is 20.4 Å². The third kappa shape index (κ3) is 132. The molecule has 0 N–H and O–H groups in total. The molecule has 0 aliphatic carbocycles. The van der Waals surface area contributed by atoms with Gasteiger partial charge in [0.2, 0.25) is 0 Å². The van der Waals surface area contributed by atoms with Gasteiger partial charge in [-0.15, -0.1) is 6.58 Å². The Labute approximate surface area is 114 Å². The summed E-state index contributed by atoms with van der Waals surface area (Å²) in [6.07, 6.45) is 10.2. The molecule has 0 bridgehead atoms. The SMILES string of the molecule is C=CC.CC.CC.CC.CCCCCCCC. The van der Waals surface area contributed by atoms with Crippen LogP contribution in [0.15, 0.2) is 12.7 Å². The Balaban J connectivity index is -0.0000000448. The lowest BCUT2D eigenvalue weighted by molar-refractivity contribution is 0.624. The molecule has 0 fully saturated rings. The van der Waals surface area contributed by atoms with Gasteiger partial charge in [-0.1, -0.05) is 100.0 Å². The lowest BCUT2D eigenvalue weighted by atomic mass is 10.1. The predicted octanol–water partition coefficient (Wildman–Crippen LogP) is 7.64. The van der Waals surface area contributed by atoms with Crippen molar-refractivity contribution in [1.82, 2.24) is 0 Å². The molecule has 17 heavy (non-hydrogen) atoms. The average Bonchev–Trinajstić information content (AvgIpc) is 2.43. The highest BCUT2D eigenvalue weighted by Crippen LogP contribution is 2.03. The van der Waals surface area contributed by atoms with Crippen molar-refractivity contribution < 1.29 is 0 Å². The largest absolute Gasteiger partial charge is 0.103 e. The normalized spacial score (nSPS) is 6.41. The first kappa shape index (κ1) is 30.1. The van der Waals surface area contributed by atoms with E-state index in [0.717, 1.165) is 0 Å². The molecule has 0 aromatic rings. The summed E-state index contributed by atoms with van der Waals surface area (Å²) >= 11 is 0. The Morgan fingerprint density at radius 2 is 0.824 bits per heavy atom. The highest BCUT2D eigenvalue weighted by Gasteiger charge is 1.83. The van der Waals surface area contributed by atoms with Crippen molar-refractivity contribution in [2.45, 2.75) is 101 Å². The molecular formula is C17H42. The predicted molar refractivity (Wildman–Crippen MR) is 89.0 cm³/mol. The van der Waals surface area contributed by atoms with E-state index >= 15 is 0 Å². The van der Waals surface area contributed by atoms with E-state index in [9.17, 15) is 0 Å². The molecule has 0 saturated carbocycles. The Kier molecular flexibility index (Phi) is 133. The Hall–Kier alpha value is -0.260. The monoisotopic (exact) mass is 246 g/mol. The topological polar surface area (TPSA) is 0 Å². The summed E-state index contributed by atoms with van der Waals surface area (Å²) in [6, 6.07) is 0. The van der Waals surface area contributed by atoms with Gasteiger partial charge in [-0.2, -0.15) is 0 Å². The van der Waals surface area contributed by atoms with Gasteiger partial charge in [0.1, 0.15) is 0 Å². The molecule has 110 valence electrons. The van der Waals surface area contributed by atoms with Gasteiger partial charge in [0.15, 0.2) is 0 Å². The quantitative estimate of drug-likeness (QED) is 0.345. The molecule has 0 heteroatoms. The van der Waals surface area contributed by atoms with Crippen LogP contribution in [-0.4, -0.2) is 0 Å². The van der Waals surface area contributed by atoms with Crippen LogP contribution in [0.25, 0.3) is 0 Å². The molecule has 0 spiro atoms. The maximum Gasteiger partial charge on any atom is -0.0473 e. The second-order valence-electron chi connectivity index (χ2n) is 2.82. The van der Waals surface area contributed by atoms with E-state index in [4.69, 9.17) is 0 Å². The fourth-order valence-electron chi connectivity index (χ4n) is 0.854. The van der Waals surface area contributed by atoms with E-state index in [-0.39, 0.29) is 0 Å². The van der Waals surface area contributed by atoms with Crippen LogP contribution >= 0.6 is 0 Å². The maximum absolute atomic E-state index is 3.36. The van der Waals surface area contributed by atoms with Crippen LogP contribution in [0.1, 0.15) is 101 Å². The zero-order valence-corrected chi connectivity index (χ0v) is 14.5. The fourth-order valence-corrected chi connectivity index (χ4v) is 0.854. The maximum atomic E-state index is 3.36. The van der Waals surface area contributed by atoms with Gasteiger partial charge in [0.25, 0.3) is 0 Å². The number of unbranched alkanes of at least 4 members (excludes halogenated alkanes) is 5. The third-order valence-electron chi connectivity index (χ3n) is 1.46. The van der Waals surface area contributed by atoms with Crippen molar-refractivity contribution in [3.63, 3.8) is 0 Å². The van der Waals surface area contributed by atoms with E-state index < -0.39 is 0 Å². The minimum absolute atomic E-state index is 1.36. The van der Waals surface area contributed by atoms with Crippen LogP contribution in [0.5, 0.6) is 0 Å². The molecule has 0 unspecified atom stereocenters. The molecular weight excluding hydrogens is 204 g/mol. The molecule has 0 saturated heterocycles. The minimum atomic E-state index is 1.36. The van der Waals surface area contributed by atoms with Gasteiger partial charge < -0.3 is 0 Å². The summed E-state index contributed by atoms with van der Waals surface area (Å²) in [6.45, 7) is 21.8. The Morgan fingerprint density at radius 3 is 0.941 bits per heavy atom. The van der Waals surface area contributed by atoms with Gasteiger partial charge >= 0.3 is 0 Å². The number of hydrogen-bond donors (Lipinski definition) is 0. The number of rotatable bonds is 5. The van der Waals surface area contributed by atoms with Crippen molar-refractivity contribution in [3.8, 4) is 0 Å². The van der Waals surface area contributed by atoms with Crippen LogP contribution in [0.2, 0.25) is 0 Å². The van der Waals surface area contributed by atoms with Crippen molar-refractivity contribution in [2.24, 2.45) is 0 Å². The highest BCUT2D eigenvalue weighted by atomic mass is 13.9. The summed E-state index contributed by atoms with van der Waals surface area (Å²) in [4.78, 5) is 0. The van der Waals surface area contributed by atoms with Gasteiger partial charge in [0, 0.05) is 0 Å². The van der Waals surface area contributed by atoms with Crippen LogP contribution in [0.4, 0.5) is 0 Å². The van der Waals surface area contributed by atoms with E-state index in [0.29, 0.717) is 0 Å². The van der Waals surface area contributed by atoms with E-state index in [1.807, 2.05) is 48.5 Å². The molecule has 0 aromatic heterocycles.